The monoisotopic (exact) mass is 365 g/mol. The van der Waals surface area contributed by atoms with Crippen LogP contribution in [0.4, 0.5) is 4.39 Å². The van der Waals surface area contributed by atoms with Gasteiger partial charge in [-0.25, -0.2) is 4.39 Å². The summed E-state index contributed by atoms with van der Waals surface area (Å²) in [5, 5.41) is 3.19. The Kier molecular flexibility index (Phi) is 6.35. The molecular weight excluding hydrogens is 345 g/mol. The van der Waals surface area contributed by atoms with Crippen molar-refractivity contribution in [2.24, 2.45) is 0 Å². The highest BCUT2D eigenvalue weighted by Gasteiger charge is 2.37. The first-order valence-electron chi connectivity index (χ1n) is 7.40. The zero-order valence-electron chi connectivity index (χ0n) is 12.7. The molecule has 2 aliphatic heterocycles. The van der Waals surface area contributed by atoms with Gasteiger partial charge < -0.3 is 10.1 Å². The normalized spacial score (nSPS) is 24.1. The minimum absolute atomic E-state index is 0. The summed E-state index contributed by atoms with van der Waals surface area (Å²) >= 11 is 0. The van der Waals surface area contributed by atoms with Gasteiger partial charge in [0.2, 0.25) is 0 Å². The number of halogens is 2. The molecule has 0 aliphatic carbocycles. The van der Waals surface area contributed by atoms with Crippen LogP contribution in [0.15, 0.2) is 24.3 Å². The van der Waals surface area contributed by atoms with Crippen molar-refractivity contribution in [2.75, 3.05) is 45.9 Å². The smallest absolute Gasteiger partial charge is 0.282 e. The van der Waals surface area contributed by atoms with Crippen molar-refractivity contribution in [3.05, 3.63) is 35.6 Å². The van der Waals surface area contributed by atoms with Crippen LogP contribution in [-0.4, -0.2) is 63.0 Å². The molecular formula is C14H21ClFN3O3S. The van der Waals surface area contributed by atoms with Crippen molar-refractivity contribution >= 4 is 22.6 Å². The van der Waals surface area contributed by atoms with Gasteiger partial charge in [0.25, 0.3) is 10.2 Å². The number of nitrogens with zero attached hydrogens (tertiary/aromatic N) is 2. The highest BCUT2D eigenvalue weighted by molar-refractivity contribution is 7.86. The molecule has 1 atom stereocenters. The van der Waals surface area contributed by atoms with Crippen LogP contribution in [0.25, 0.3) is 0 Å². The highest BCUT2D eigenvalue weighted by Crippen LogP contribution is 2.27. The molecule has 0 amide bonds. The second-order valence-electron chi connectivity index (χ2n) is 5.40. The van der Waals surface area contributed by atoms with Gasteiger partial charge in [-0.2, -0.15) is 17.0 Å². The molecule has 0 radical (unpaired) electrons. The molecule has 3 rings (SSSR count). The SMILES string of the molecule is Cl.O=S(=O)(N1CCOCC1)N1CCNCC1c1cccc(F)c1. The van der Waals surface area contributed by atoms with Gasteiger partial charge in [0, 0.05) is 32.7 Å². The molecule has 6 nitrogen and oxygen atoms in total. The molecule has 2 heterocycles. The maximum Gasteiger partial charge on any atom is 0.282 e. The predicted octanol–water partition coefficient (Wildman–Crippen LogP) is 0.771. The third-order valence-corrected chi connectivity index (χ3v) is 6.07. The lowest BCUT2D eigenvalue weighted by Crippen LogP contribution is -2.55. The molecule has 2 fully saturated rings. The van der Waals surface area contributed by atoms with Crippen LogP contribution in [0.1, 0.15) is 11.6 Å². The molecule has 0 saturated carbocycles. The fourth-order valence-electron chi connectivity index (χ4n) is 2.89. The summed E-state index contributed by atoms with van der Waals surface area (Å²) in [6.07, 6.45) is 0. The number of hydrogen-bond donors (Lipinski definition) is 1. The van der Waals surface area contributed by atoms with Crippen molar-refractivity contribution in [3.63, 3.8) is 0 Å². The van der Waals surface area contributed by atoms with Crippen LogP contribution in [0.2, 0.25) is 0 Å². The minimum atomic E-state index is -3.57. The molecule has 23 heavy (non-hydrogen) atoms. The van der Waals surface area contributed by atoms with E-state index < -0.39 is 16.3 Å². The number of nitrogens with one attached hydrogen (secondary N) is 1. The lowest BCUT2D eigenvalue weighted by Gasteiger charge is -2.39. The lowest BCUT2D eigenvalue weighted by molar-refractivity contribution is 0.0685. The van der Waals surface area contributed by atoms with Gasteiger partial charge in [0.05, 0.1) is 19.3 Å². The Morgan fingerprint density at radius 3 is 2.65 bits per heavy atom. The van der Waals surface area contributed by atoms with Crippen molar-refractivity contribution in [2.45, 2.75) is 6.04 Å². The molecule has 130 valence electrons. The van der Waals surface area contributed by atoms with Gasteiger partial charge in [0.1, 0.15) is 5.82 Å². The summed E-state index contributed by atoms with van der Waals surface area (Å²) in [5.74, 6) is -0.355. The molecule has 2 saturated heterocycles. The molecule has 9 heteroatoms. The first-order chi connectivity index (χ1) is 10.6. The topological polar surface area (TPSA) is 61.9 Å². The average molecular weight is 366 g/mol. The molecule has 1 aromatic carbocycles. The largest absolute Gasteiger partial charge is 0.379 e. The van der Waals surface area contributed by atoms with E-state index in [0.717, 1.165) is 0 Å². The van der Waals surface area contributed by atoms with Gasteiger partial charge in [-0.15, -0.1) is 12.4 Å². The number of hydrogen-bond acceptors (Lipinski definition) is 4. The van der Waals surface area contributed by atoms with Gasteiger partial charge in [0.15, 0.2) is 0 Å². The zero-order valence-corrected chi connectivity index (χ0v) is 14.3. The molecule has 0 aromatic heterocycles. The van der Waals surface area contributed by atoms with Gasteiger partial charge in [-0.1, -0.05) is 12.1 Å². The van der Waals surface area contributed by atoms with E-state index in [1.54, 1.807) is 12.1 Å². The van der Waals surface area contributed by atoms with Crippen LogP contribution in [0.5, 0.6) is 0 Å². The van der Waals surface area contributed by atoms with E-state index in [4.69, 9.17) is 4.74 Å². The van der Waals surface area contributed by atoms with E-state index in [1.807, 2.05) is 0 Å². The summed E-state index contributed by atoms with van der Waals surface area (Å²) in [7, 11) is -3.57. The van der Waals surface area contributed by atoms with Crippen molar-refractivity contribution in [1.82, 2.24) is 13.9 Å². The predicted molar refractivity (Wildman–Crippen MR) is 87.3 cm³/mol. The Bertz CT molecular complexity index is 625. The zero-order chi connectivity index (χ0) is 15.6. The summed E-state index contributed by atoms with van der Waals surface area (Å²) in [6.45, 7) is 3.00. The van der Waals surface area contributed by atoms with Crippen molar-refractivity contribution in [1.29, 1.82) is 0 Å². The molecule has 2 aliphatic rings. The number of rotatable bonds is 3. The van der Waals surface area contributed by atoms with E-state index in [0.29, 0.717) is 51.5 Å². The second-order valence-corrected chi connectivity index (χ2v) is 7.29. The van der Waals surface area contributed by atoms with Crippen LogP contribution in [0.3, 0.4) is 0 Å². The first-order valence-corrected chi connectivity index (χ1v) is 8.79. The maximum atomic E-state index is 13.5. The van der Waals surface area contributed by atoms with Crippen LogP contribution < -0.4 is 5.32 Å². The lowest BCUT2D eigenvalue weighted by atomic mass is 10.1. The average Bonchev–Trinajstić information content (AvgIpc) is 2.56. The Balaban J connectivity index is 0.00000192. The first kappa shape index (κ1) is 18.6. The quantitative estimate of drug-likeness (QED) is 0.859. The number of morpholine rings is 1. The summed E-state index contributed by atoms with van der Waals surface area (Å²) in [5.41, 5.74) is 0.670. The summed E-state index contributed by atoms with van der Waals surface area (Å²) in [6, 6.07) is 5.75. The number of piperazine rings is 1. The molecule has 1 aromatic rings. The fraction of sp³-hybridized carbons (Fsp3) is 0.571. The highest BCUT2D eigenvalue weighted by atomic mass is 35.5. The molecule has 1 unspecified atom stereocenters. The van der Waals surface area contributed by atoms with Crippen LogP contribution >= 0.6 is 12.4 Å². The summed E-state index contributed by atoms with van der Waals surface area (Å²) < 4.78 is 47.4. The third-order valence-electron chi connectivity index (χ3n) is 4.02. The van der Waals surface area contributed by atoms with Crippen LogP contribution in [0, 0.1) is 5.82 Å². The van der Waals surface area contributed by atoms with Crippen molar-refractivity contribution in [3.8, 4) is 0 Å². The standard InChI is InChI=1S/C14H20FN3O3S.ClH/c15-13-3-1-2-12(10-13)14-11-16-4-5-18(14)22(19,20)17-6-8-21-9-7-17;/h1-3,10,14,16H,4-9,11H2;1H. The van der Waals surface area contributed by atoms with Crippen molar-refractivity contribution < 1.29 is 17.5 Å². The maximum absolute atomic E-state index is 13.5. The third kappa shape index (κ3) is 4.01. The van der Waals surface area contributed by atoms with E-state index in [-0.39, 0.29) is 18.2 Å². The van der Waals surface area contributed by atoms with Crippen LogP contribution in [-0.2, 0) is 14.9 Å². The Labute approximate surface area is 142 Å². The number of ether oxygens (including phenoxy) is 1. The van der Waals surface area contributed by atoms with Gasteiger partial charge in [-0.3, -0.25) is 0 Å². The van der Waals surface area contributed by atoms with Gasteiger partial charge in [-0.05, 0) is 17.7 Å². The Morgan fingerprint density at radius 1 is 1.22 bits per heavy atom. The van der Waals surface area contributed by atoms with E-state index in [2.05, 4.69) is 5.32 Å². The van der Waals surface area contributed by atoms with Gasteiger partial charge >= 0.3 is 0 Å². The molecule has 1 N–H and O–H groups in total. The van der Waals surface area contributed by atoms with E-state index in [1.165, 1.54) is 20.7 Å². The summed E-state index contributed by atoms with van der Waals surface area (Å²) in [4.78, 5) is 0. The van der Waals surface area contributed by atoms with E-state index in [9.17, 15) is 12.8 Å². The minimum Gasteiger partial charge on any atom is -0.379 e. The van der Waals surface area contributed by atoms with E-state index >= 15 is 0 Å². The Hall–Kier alpha value is -0.770. The second kappa shape index (κ2) is 7.87. The molecule has 0 bridgehead atoms. The fourth-order valence-corrected chi connectivity index (χ4v) is 4.63. The molecule has 0 spiro atoms. The number of benzene rings is 1. The Morgan fingerprint density at radius 2 is 1.96 bits per heavy atom.